The molecule has 1 aliphatic carbocycles. The summed E-state index contributed by atoms with van der Waals surface area (Å²) in [4.78, 5) is 22.5. The monoisotopic (exact) mass is 422 g/mol. The van der Waals surface area contributed by atoms with Gasteiger partial charge in [-0.2, -0.15) is 4.99 Å². The van der Waals surface area contributed by atoms with E-state index < -0.39 is 0 Å². The lowest BCUT2D eigenvalue weighted by Crippen LogP contribution is -2.62. The minimum absolute atomic E-state index is 0.0828. The Hall–Kier alpha value is -1.88. The Kier molecular flexibility index (Phi) is 6.31. The van der Waals surface area contributed by atoms with Crippen LogP contribution < -0.4 is 10.2 Å². The Balaban J connectivity index is 1.45. The highest BCUT2D eigenvalue weighted by molar-refractivity contribution is 6.16. The molecule has 6 aliphatic rings. The van der Waals surface area contributed by atoms with Gasteiger partial charge in [-0.15, -0.1) is 0 Å². The topological polar surface area (TPSA) is 47.9 Å². The van der Waals surface area contributed by atoms with Gasteiger partial charge in [-0.25, -0.2) is 4.79 Å². The van der Waals surface area contributed by atoms with Gasteiger partial charge in [0.1, 0.15) is 11.4 Å². The maximum Gasteiger partial charge on any atom is 0.350 e. The van der Waals surface area contributed by atoms with Crippen molar-refractivity contribution in [1.29, 1.82) is 0 Å². The molecule has 1 aromatic carbocycles. The zero-order valence-electron chi connectivity index (χ0n) is 19.0. The maximum atomic E-state index is 13.3. The molecule has 0 unspecified atom stereocenters. The van der Waals surface area contributed by atoms with E-state index in [2.05, 4.69) is 39.5 Å². The molecule has 1 saturated heterocycles. The molecule has 1 spiro atoms. The molecule has 4 bridgehead atoms. The molecule has 0 atom stereocenters. The molecular weight excluding hydrogens is 384 g/mol. The molecule has 0 radical (unpaired) electrons. The standard InChI is InChI=1S/C26H38N4O/c31-25-28-24(27-22-10-6-4-7-11-22)26-16-19-29(20-17-26)18-8-3-1-2-5-9-21-12-14-23(15-13-21)30(25)26/h12-15,22H,1-11,16-20H2,(H,27,28,31). The van der Waals surface area contributed by atoms with Crippen LogP contribution in [0.3, 0.4) is 0 Å². The fraction of sp³-hybridized carbons (Fsp3) is 0.692. The number of anilines is 1. The lowest BCUT2D eigenvalue weighted by molar-refractivity contribution is 0.185. The van der Waals surface area contributed by atoms with Crippen molar-refractivity contribution in [1.82, 2.24) is 10.2 Å². The van der Waals surface area contributed by atoms with Gasteiger partial charge >= 0.3 is 6.03 Å². The third-order valence-corrected chi connectivity index (χ3v) is 8.03. The first-order chi connectivity index (χ1) is 15.2. The van der Waals surface area contributed by atoms with Crippen molar-refractivity contribution in [3.05, 3.63) is 29.8 Å². The van der Waals surface area contributed by atoms with Crippen LogP contribution in [0.2, 0.25) is 0 Å². The second-order valence-electron chi connectivity index (χ2n) is 10.1. The Morgan fingerprint density at radius 2 is 1.52 bits per heavy atom. The number of amides is 2. The first-order valence-electron chi connectivity index (χ1n) is 12.8. The zero-order chi connectivity index (χ0) is 21.1. The fourth-order valence-corrected chi connectivity index (χ4v) is 6.12. The Labute approximate surface area is 187 Å². The lowest BCUT2D eigenvalue weighted by Gasteiger charge is -2.46. The smallest absolute Gasteiger partial charge is 0.350 e. The van der Waals surface area contributed by atoms with Gasteiger partial charge in [0.2, 0.25) is 0 Å². The molecular formula is C26H38N4O. The largest absolute Gasteiger partial charge is 0.369 e. The van der Waals surface area contributed by atoms with Crippen molar-refractivity contribution in [3.8, 4) is 0 Å². The van der Waals surface area contributed by atoms with Crippen molar-refractivity contribution in [3.63, 3.8) is 0 Å². The molecule has 2 amide bonds. The van der Waals surface area contributed by atoms with Gasteiger partial charge in [0, 0.05) is 24.8 Å². The van der Waals surface area contributed by atoms with E-state index >= 15 is 0 Å². The van der Waals surface area contributed by atoms with Crippen molar-refractivity contribution >= 4 is 17.6 Å². The molecule has 5 nitrogen and oxygen atoms in total. The predicted octanol–water partition coefficient (Wildman–Crippen LogP) is 5.29. The number of amidine groups is 1. The number of piperidine rings is 1. The van der Waals surface area contributed by atoms with Gasteiger partial charge in [-0.1, -0.05) is 50.7 Å². The highest BCUT2D eigenvalue weighted by Crippen LogP contribution is 2.39. The zero-order valence-corrected chi connectivity index (χ0v) is 19.0. The van der Waals surface area contributed by atoms with Gasteiger partial charge < -0.3 is 10.2 Å². The van der Waals surface area contributed by atoms with Gasteiger partial charge in [0.05, 0.1) is 0 Å². The number of aliphatic imine (C=N–C) groups is 1. The summed E-state index contributed by atoms with van der Waals surface area (Å²) in [5, 5.41) is 3.78. The van der Waals surface area contributed by atoms with Crippen LogP contribution in [-0.4, -0.2) is 48.0 Å². The summed E-state index contributed by atoms with van der Waals surface area (Å²) in [5.74, 6) is 0.953. The average Bonchev–Trinajstić information content (AvgIpc) is 3.05. The third kappa shape index (κ3) is 4.39. The second-order valence-corrected chi connectivity index (χ2v) is 10.1. The number of nitrogens with one attached hydrogen (secondary N) is 1. The van der Waals surface area contributed by atoms with Crippen LogP contribution in [0.25, 0.3) is 0 Å². The number of carbonyl (C=O) groups is 1. The fourth-order valence-electron chi connectivity index (χ4n) is 6.12. The van der Waals surface area contributed by atoms with Crippen molar-refractivity contribution in [2.75, 3.05) is 24.5 Å². The molecule has 1 N–H and O–H groups in total. The molecule has 2 fully saturated rings. The summed E-state index contributed by atoms with van der Waals surface area (Å²) in [6.07, 6.45) is 15.9. The summed E-state index contributed by atoms with van der Waals surface area (Å²) in [6.45, 7) is 3.29. The van der Waals surface area contributed by atoms with E-state index in [1.54, 1.807) is 0 Å². The van der Waals surface area contributed by atoms with Gasteiger partial charge in [0.15, 0.2) is 0 Å². The number of fused-ring (bicyclic) bond motifs is 2. The molecule has 5 heterocycles. The van der Waals surface area contributed by atoms with Crippen molar-refractivity contribution < 1.29 is 4.79 Å². The van der Waals surface area contributed by atoms with E-state index in [0.29, 0.717) is 6.04 Å². The molecule has 5 heteroatoms. The Bertz CT molecular complexity index is 788. The predicted molar refractivity (Wildman–Crippen MR) is 127 cm³/mol. The van der Waals surface area contributed by atoms with Crippen LogP contribution in [0.1, 0.15) is 82.6 Å². The number of nitrogens with zero attached hydrogens (tertiary/aromatic N) is 3. The summed E-state index contributed by atoms with van der Waals surface area (Å²) < 4.78 is 0. The SMILES string of the molecule is O=C1N=C(NC2CCCCC2)C23CCN(CCCCCCCc4ccc(cc4)N12)CC3. The summed E-state index contributed by atoms with van der Waals surface area (Å²) in [7, 11) is 0. The summed E-state index contributed by atoms with van der Waals surface area (Å²) >= 11 is 0. The first kappa shape index (κ1) is 21.0. The molecule has 168 valence electrons. The van der Waals surface area contributed by atoms with Crippen LogP contribution in [0, 0.1) is 0 Å². The number of rotatable bonds is 1. The van der Waals surface area contributed by atoms with Crippen LogP contribution in [-0.2, 0) is 6.42 Å². The molecule has 1 aromatic rings. The summed E-state index contributed by atoms with van der Waals surface area (Å²) in [5.41, 5.74) is 2.09. The second kappa shape index (κ2) is 9.32. The maximum absolute atomic E-state index is 13.3. The molecule has 0 aromatic heterocycles. The van der Waals surface area contributed by atoms with E-state index in [1.165, 1.54) is 76.3 Å². The average molecular weight is 423 g/mol. The van der Waals surface area contributed by atoms with E-state index in [9.17, 15) is 4.79 Å². The normalized spacial score (nSPS) is 30.3. The Morgan fingerprint density at radius 3 is 2.29 bits per heavy atom. The van der Waals surface area contributed by atoms with Crippen LogP contribution in [0.4, 0.5) is 10.5 Å². The number of aryl methyl sites for hydroxylation is 1. The number of hydrogen-bond donors (Lipinski definition) is 1. The molecule has 7 rings (SSSR count). The van der Waals surface area contributed by atoms with E-state index in [-0.39, 0.29) is 11.6 Å². The highest BCUT2D eigenvalue weighted by atomic mass is 16.2. The van der Waals surface area contributed by atoms with Crippen LogP contribution in [0.5, 0.6) is 0 Å². The van der Waals surface area contributed by atoms with E-state index in [1.807, 2.05) is 4.90 Å². The van der Waals surface area contributed by atoms with Gasteiger partial charge in [0.25, 0.3) is 0 Å². The van der Waals surface area contributed by atoms with Crippen LogP contribution >= 0.6 is 0 Å². The van der Waals surface area contributed by atoms with Crippen molar-refractivity contribution in [2.24, 2.45) is 4.99 Å². The van der Waals surface area contributed by atoms with Crippen molar-refractivity contribution in [2.45, 2.75) is 95.1 Å². The number of carbonyl (C=O) groups excluding carboxylic acids is 1. The highest BCUT2D eigenvalue weighted by Gasteiger charge is 2.52. The third-order valence-electron chi connectivity index (χ3n) is 8.03. The number of urea groups is 1. The Morgan fingerprint density at radius 1 is 0.839 bits per heavy atom. The first-order valence-corrected chi connectivity index (χ1v) is 12.8. The summed E-state index contributed by atoms with van der Waals surface area (Å²) in [6, 6.07) is 9.16. The van der Waals surface area contributed by atoms with E-state index in [4.69, 9.17) is 0 Å². The molecule has 5 aliphatic heterocycles. The minimum Gasteiger partial charge on any atom is -0.369 e. The lowest BCUT2D eigenvalue weighted by atomic mass is 9.83. The van der Waals surface area contributed by atoms with E-state index in [0.717, 1.165) is 43.9 Å². The van der Waals surface area contributed by atoms with Gasteiger partial charge in [-0.3, -0.25) is 4.90 Å². The van der Waals surface area contributed by atoms with Gasteiger partial charge in [-0.05, 0) is 69.2 Å². The quantitative estimate of drug-likeness (QED) is 0.669. The molecule has 1 saturated carbocycles. The molecule has 31 heavy (non-hydrogen) atoms. The minimum atomic E-state index is -0.302. The number of benzene rings is 1. The van der Waals surface area contributed by atoms with Crippen LogP contribution in [0.15, 0.2) is 29.3 Å². The number of hydrogen-bond acceptors (Lipinski definition) is 3.